The Hall–Kier alpha value is -2.07. The lowest BCUT2D eigenvalue weighted by Crippen LogP contribution is -2.40. The summed E-state index contributed by atoms with van der Waals surface area (Å²) in [6, 6.07) is 3.75. The SMILES string of the molecule is CC(C1=CC(=O)C=C([N+](C)(C)C)C1=O)c1cccnc1. The number of hydrogen-bond acceptors (Lipinski definition) is 3. The van der Waals surface area contributed by atoms with Crippen LogP contribution in [0.1, 0.15) is 18.4 Å². The third kappa shape index (κ3) is 2.75. The minimum absolute atomic E-state index is 0.0616. The zero-order chi connectivity index (χ0) is 14.9. The van der Waals surface area contributed by atoms with Crippen LogP contribution in [0.3, 0.4) is 0 Å². The summed E-state index contributed by atoms with van der Waals surface area (Å²) in [6.45, 7) is 1.92. The molecule has 0 saturated heterocycles. The molecule has 2 rings (SSSR count). The summed E-state index contributed by atoms with van der Waals surface area (Å²) in [4.78, 5) is 28.6. The second-order valence-corrected chi connectivity index (χ2v) is 5.88. The molecule has 0 spiro atoms. The molecule has 0 N–H and O–H groups in total. The van der Waals surface area contributed by atoms with Gasteiger partial charge in [0.15, 0.2) is 11.5 Å². The summed E-state index contributed by atoms with van der Waals surface area (Å²) in [6.07, 6.45) is 6.30. The van der Waals surface area contributed by atoms with Crippen LogP contribution < -0.4 is 0 Å². The summed E-state index contributed by atoms with van der Waals surface area (Å²) in [5.74, 6) is -0.331. The van der Waals surface area contributed by atoms with E-state index in [2.05, 4.69) is 4.98 Å². The van der Waals surface area contributed by atoms with Gasteiger partial charge in [0.2, 0.25) is 5.78 Å². The van der Waals surface area contributed by atoms with Gasteiger partial charge in [0, 0.05) is 23.9 Å². The molecule has 0 bridgehead atoms. The second-order valence-electron chi connectivity index (χ2n) is 5.88. The van der Waals surface area contributed by atoms with Crippen molar-refractivity contribution in [2.75, 3.05) is 21.1 Å². The van der Waals surface area contributed by atoms with Gasteiger partial charge in [-0.2, -0.15) is 0 Å². The zero-order valence-electron chi connectivity index (χ0n) is 12.3. The highest BCUT2D eigenvalue weighted by molar-refractivity contribution is 6.19. The first kappa shape index (κ1) is 14.3. The Balaban J connectivity index is 2.39. The Morgan fingerprint density at radius 1 is 1.15 bits per heavy atom. The maximum Gasteiger partial charge on any atom is 0.243 e. The molecule has 0 aromatic carbocycles. The fourth-order valence-corrected chi connectivity index (χ4v) is 2.24. The molecule has 0 fully saturated rings. The van der Waals surface area contributed by atoms with Crippen LogP contribution in [0.4, 0.5) is 0 Å². The first-order valence-electron chi connectivity index (χ1n) is 6.54. The van der Waals surface area contributed by atoms with Crippen molar-refractivity contribution in [1.82, 2.24) is 4.98 Å². The van der Waals surface area contributed by atoms with E-state index in [1.165, 1.54) is 12.2 Å². The van der Waals surface area contributed by atoms with E-state index in [4.69, 9.17) is 0 Å². The standard InChI is InChI=1S/C16H19N2O2/c1-11(12-6-5-7-17-10-12)14-8-13(19)9-15(16(14)20)18(2,3)4/h5-11H,1-4H3/q+1. The normalized spacial score (nSPS) is 17.6. The molecule has 0 saturated carbocycles. The number of aromatic nitrogens is 1. The van der Waals surface area contributed by atoms with Crippen LogP contribution in [0.15, 0.2) is 47.9 Å². The van der Waals surface area contributed by atoms with E-state index in [0.29, 0.717) is 15.8 Å². The van der Waals surface area contributed by atoms with Crippen LogP contribution in [0.2, 0.25) is 0 Å². The predicted molar refractivity (Wildman–Crippen MR) is 76.9 cm³/mol. The maximum absolute atomic E-state index is 12.6. The number of likely N-dealkylation sites (N-methyl/N-ethyl adjacent to an activating group) is 1. The van der Waals surface area contributed by atoms with E-state index in [0.717, 1.165) is 5.56 Å². The number of quaternary nitrogens is 1. The van der Waals surface area contributed by atoms with E-state index in [-0.39, 0.29) is 17.5 Å². The topological polar surface area (TPSA) is 47.0 Å². The van der Waals surface area contributed by atoms with E-state index in [1.807, 2.05) is 40.2 Å². The molecular formula is C16H19N2O2+. The Bertz CT molecular complexity index is 607. The molecule has 0 amide bonds. The number of pyridine rings is 1. The van der Waals surface area contributed by atoms with Crippen molar-refractivity contribution in [2.45, 2.75) is 12.8 Å². The highest BCUT2D eigenvalue weighted by Gasteiger charge is 2.34. The van der Waals surface area contributed by atoms with Gasteiger partial charge in [-0.1, -0.05) is 13.0 Å². The van der Waals surface area contributed by atoms with Crippen LogP contribution in [0, 0.1) is 0 Å². The number of hydrogen-bond donors (Lipinski definition) is 0. The van der Waals surface area contributed by atoms with Gasteiger partial charge in [-0.05, 0) is 17.7 Å². The van der Waals surface area contributed by atoms with Crippen LogP contribution in [0.5, 0.6) is 0 Å². The van der Waals surface area contributed by atoms with Gasteiger partial charge in [-0.25, -0.2) is 0 Å². The molecule has 0 aliphatic heterocycles. The number of rotatable bonds is 3. The van der Waals surface area contributed by atoms with Gasteiger partial charge in [0.25, 0.3) is 0 Å². The number of carbonyl (C=O) groups is 2. The Morgan fingerprint density at radius 2 is 1.85 bits per heavy atom. The number of nitrogens with zero attached hydrogens (tertiary/aromatic N) is 2. The van der Waals surface area contributed by atoms with E-state index in [9.17, 15) is 9.59 Å². The van der Waals surface area contributed by atoms with E-state index in [1.54, 1.807) is 12.4 Å². The largest absolute Gasteiger partial charge is 0.295 e. The van der Waals surface area contributed by atoms with Gasteiger partial charge in [0.1, 0.15) is 0 Å². The van der Waals surface area contributed by atoms with Crippen molar-refractivity contribution in [3.05, 3.63) is 53.5 Å². The molecule has 1 aromatic heterocycles. The molecule has 1 aromatic rings. The van der Waals surface area contributed by atoms with Crippen LogP contribution >= 0.6 is 0 Å². The van der Waals surface area contributed by atoms with Gasteiger partial charge in [0.05, 0.1) is 27.2 Å². The minimum atomic E-state index is -0.143. The lowest BCUT2D eigenvalue weighted by molar-refractivity contribution is -0.826. The van der Waals surface area contributed by atoms with Crippen molar-refractivity contribution in [2.24, 2.45) is 0 Å². The Kier molecular flexibility index (Phi) is 3.68. The average Bonchev–Trinajstić information content (AvgIpc) is 2.40. The molecule has 1 aliphatic carbocycles. The summed E-state index contributed by atoms with van der Waals surface area (Å²) in [5, 5.41) is 0. The number of Topliss-reactive ketones (excluding diaryl/α,β-unsaturated/α-hetero) is 1. The first-order chi connectivity index (χ1) is 9.30. The van der Waals surface area contributed by atoms with Crippen LogP contribution in [0.25, 0.3) is 0 Å². The highest BCUT2D eigenvalue weighted by atomic mass is 16.1. The molecule has 1 atom stereocenters. The maximum atomic E-state index is 12.6. The monoisotopic (exact) mass is 271 g/mol. The molecule has 1 aliphatic rings. The summed E-state index contributed by atoms with van der Waals surface area (Å²) in [7, 11) is 5.65. The number of carbonyl (C=O) groups excluding carboxylic acids is 2. The summed E-state index contributed by atoms with van der Waals surface area (Å²) < 4.78 is 0.335. The number of allylic oxidation sites excluding steroid dienone is 3. The molecular weight excluding hydrogens is 252 g/mol. The van der Waals surface area contributed by atoms with Crippen molar-refractivity contribution in [3.63, 3.8) is 0 Å². The van der Waals surface area contributed by atoms with Crippen molar-refractivity contribution in [1.29, 1.82) is 0 Å². The molecule has 0 radical (unpaired) electrons. The predicted octanol–water partition coefficient (Wildman–Crippen LogP) is 1.85. The van der Waals surface area contributed by atoms with E-state index < -0.39 is 0 Å². The minimum Gasteiger partial charge on any atom is -0.295 e. The number of ketones is 2. The Morgan fingerprint density at radius 3 is 2.40 bits per heavy atom. The zero-order valence-corrected chi connectivity index (χ0v) is 12.3. The molecule has 104 valence electrons. The molecule has 4 nitrogen and oxygen atoms in total. The third-order valence-corrected chi connectivity index (χ3v) is 3.45. The van der Waals surface area contributed by atoms with Gasteiger partial charge in [-0.15, -0.1) is 0 Å². The molecule has 4 heteroatoms. The van der Waals surface area contributed by atoms with E-state index >= 15 is 0 Å². The van der Waals surface area contributed by atoms with Gasteiger partial charge in [-0.3, -0.25) is 19.1 Å². The fraction of sp³-hybridized carbons (Fsp3) is 0.312. The fourth-order valence-electron chi connectivity index (χ4n) is 2.24. The lowest BCUT2D eigenvalue weighted by atomic mass is 9.86. The van der Waals surface area contributed by atoms with Crippen LogP contribution in [-0.4, -0.2) is 42.2 Å². The van der Waals surface area contributed by atoms with Crippen LogP contribution in [-0.2, 0) is 9.59 Å². The molecule has 1 heterocycles. The average molecular weight is 271 g/mol. The first-order valence-corrected chi connectivity index (χ1v) is 6.54. The summed E-state index contributed by atoms with van der Waals surface area (Å²) >= 11 is 0. The third-order valence-electron chi connectivity index (χ3n) is 3.45. The second kappa shape index (κ2) is 5.13. The van der Waals surface area contributed by atoms with Crippen molar-refractivity contribution < 1.29 is 14.1 Å². The van der Waals surface area contributed by atoms with Crippen molar-refractivity contribution >= 4 is 11.6 Å². The van der Waals surface area contributed by atoms with Gasteiger partial charge >= 0.3 is 0 Å². The quantitative estimate of drug-likeness (QED) is 0.622. The molecule has 20 heavy (non-hydrogen) atoms. The molecule has 1 unspecified atom stereocenters. The van der Waals surface area contributed by atoms with Crippen molar-refractivity contribution in [3.8, 4) is 0 Å². The highest BCUT2D eigenvalue weighted by Crippen LogP contribution is 2.30. The lowest BCUT2D eigenvalue weighted by Gasteiger charge is -2.28. The smallest absolute Gasteiger partial charge is 0.243 e. The summed E-state index contributed by atoms with van der Waals surface area (Å²) in [5.41, 5.74) is 1.99. The Labute approximate surface area is 119 Å². The van der Waals surface area contributed by atoms with Gasteiger partial charge < -0.3 is 0 Å².